The van der Waals surface area contributed by atoms with Crippen molar-refractivity contribution in [3.8, 4) is 0 Å². The van der Waals surface area contributed by atoms with Gasteiger partial charge in [0.05, 0.1) is 35.0 Å². The van der Waals surface area contributed by atoms with Crippen molar-refractivity contribution in [3.63, 3.8) is 0 Å². The summed E-state index contributed by atoms with van der Waals surface area (Å²) in [6.07, 6.45) is 3.49. The molecule has 0 fully saturated rings. The molecule has 3 rings (SSSR count). The molecule has 98 valence electrons. The number of thiocarbonyl (C=S) groups is 1. The van der Waals surface area contributed by atoms with Crippen LogP contribution in [0, 0.1) is 0 Å². The highest BCUT2D eigenvalue weighted by Crippen LogP contribution is 2.19. The van der Waals surface area contributed by atoms with Gasteiger partial charge >= 0.3 is 0 Å². The predicted octanol–water partition coefficient (Wildman–Crippen LogP) is 3.01. The molecule has 4 nitrogen and oxygen atoms in total. The minimum Gasteiger partial charge on any atom is -0.388 e. The van der Waals surface area contributed by atoms with Crippen LogP contribution in [-0.4, -0.2) is 15.0 Å². The van der Waals surface area contributed by atoms with Crippen LogP contribution in [-0.2, 0) is 0 Å². The van der Waals surface area contributed by atoms with Gasteiger partial charge in [0.15, 0.2) is 0 Å². The summed E-state index contributed by atoms with van der Waals surface area (Å²) in [5.74, 6) is 0. The van der Waals surface area contributed by atoms with E-state index in [2.05, 4.69) is 15.3 Å². The fraction of sp³-hybridized carbons (Fsp3) is 0. The van der Waals surface area contributed by atoms with Crippen LogP contribution in [0.4, 0.5) is 11.4 Å². The fourth-order valence-electron chi connectivity index (χ4n) is 1.92. The van der Waals surface area contributed by atoms with Crippen molar-refractivity contribution in [3.05, 3.63) is 60.6 Å². The van der Waals surface area contributed by atoms with E-state index in [9.17, 15) is 0 Å². The summed E-state index contributed by atoms with van der Waals surface area (Å²) in [5, 5.41) is 4.34. The van der Waals surface area contributed by atoms with E-state index in [1.54, 1.807) is 18.5 Å². The summed E-state index contributed by atoms with van der Waals surface area (Å²) in [7, 11) is 0. The van der Waals surface area contributed by atoms with Crippen LogP contribution >= 0.6 is 12.2 Å². The standard InChI is InChI=1S/C15H12N4S/c16-15(20)14-6-5-11(8-18-14)19-12-7-10-3-1-2-4-13(10)17-9-12/h1-9,19H,(H2,16,20). The Bertz CT molecular complexity index is 768. The Balaban J connectivity index is 1.87. The minimum atomic E-state index is 0.295. The zero-order valence-corrected chi connectivity index (χ0v) is 11.4. The van der Waals surface area contributed by atoms with Crippen molar-refractivity contribution in [2.75, 3.05) is 5.32 Å². The predicted molar refractivity (Wildman–Crippen MR) is 85.2 cm³/mol. The molecule has 0 aliphatic heterocycles. The summed E-state index contributed by atoms with van der Waals surface area (Å²) in [4.78, 5) is 8.88. The van der Waals surface area contributed by atoms with Gasteiger partial charge in [-0.05, 0) is 24.3 Å². The Morgan fingerprint density at radius 3 is 2.55 bits per heavy atom. The summed E-state index contributed by atoms with van der Waals surface area (Å²) in [6.45, 7) is 0. The highest BCUT2D eigenvalue weighted by molar-refractivity contribution is 7.80. The largest absolute Gasteiger partial charge is 0.388 e. The van der Waals surface area contributed by atoms with Gasteiger partial charge in [0.25, 0.3) is 0 Å². The van der Waals surface area contributed by atoms with Gasteiger partial charge < -0.3 is 11.1 Å². The molecule has 0 saturated heterocycles. The van der Waals surface area contributed by atoms with Crippen molar-refractivity contribution in [2.24, 2.45) is 5.73 Å². The summed E-state index contributed by atoms with van der Waals surface area (Å²) >= 11 is 4.87. The Kier molecular flexibility index (Phi) is 3.26. The lowest BCUT2D eigenvalue weighted by molar-refractivity contribution is 1.28. The third-order valence-corrected chi connectivity index (χ3v) is 3.10. The third-order valence-electron chi connectivity index (χ3n) is 2.90. The topological polar surface area (TPSA) is 63.8 Å². The van der Waals surface area contributed by atoms with Gasteiger partial charge in [-0.3, -0.25) is 9.97 Å². The summed E-state index contributed by atoms with van der Waals surface area (Å²) in [5.41, 5.74) is 8.88. The van der Waals surface area contributed by atoms with Crippen molar-refractivity contribution in [2.45, 2.75) is 0 Å². The molecule has 3 aromatic rings. The number of benzene rings is 1. The highest BCUT2D eigenvalue weighted by atomic mass is 32.1. The van der Waals surface area contributed by atoms with Crippen LogP contribution in [0.1, 0.15) is 5.69 Å². The Hall–Kier alpha value is -2.53. The zero-order chi connectivity index (χ0) is 13.9. The van der Waals surface area contributed by atoms with Crippen LogP contribution in [0.25, 0.3) is 10.9 Å². The minimum absolute atomic E-state index is 0.295. The lowest BCUT2D eigenvalue weighted by Crippen LogP contribution is -2.11. The first-order valence-electron chi connectivity index (χ1n) is 6.10. The molecule has 0 bridgehead atoms. The van der Waals surface area contributed by atoms with E-state index in [0.29, 0.717) is 10.7 Å². The molecular weight excluding hydrogens is 268 g/mol. The van der Waals surface area contributed by atoms with Crippen molar-refractivity contribution in [1.29, 1.82) is 0 Å². The van der Waals surface area contributed by atoms with Crippen molar-refractivity contribution in [1.82, 2.24) is 9.97 Å². The van der Waals surface area contributed by atoms with Crippen LogP contribution in [0.3, 0.4) is 0 Å². The van der Waals surface area contributed by atoms with Gasteiger partial charge in [-0.15, -0.1) is 0 Å². The van der Waals surface area contributed by atoms with Gasteiger partial charge in [-0.25, -0.2) is 0 Å². The molecule has 0 amide bonds. The molecule has 0 unspecified atom stereocenters. The van der Waals surface area contributed by atoms with E-state index in [0.717, 1.165) is 22.3 Å². The number of nitrogens with two attached hydrogens (primary N) is 1. The molecular formula is C15H12N4S. The number of nitrogens with one attached hydrogen (secondary N) is 1. The maximum atomic E-state index is 5.52. The van der Waals surface area contributed by atoms with E-state index in [1.165, 1.54) is 0 Å². The first kappa shape index (κ1) is 12.5. The maximum Gasteiger partial charge on any atom is 0.122 e. The molecule has 0 aliphatic rings. The smallest absolute Gasteiger partial charge is 0.122 e. The average Bonchev–Trinajstić information content (AvgIpc) is 2.48. The van der Waals surface area contributed by atoms with Crippen LogP contribution < -0.4 is 11.1 Å². The molecule has 3 N–H and O–H groups in total. The molecule has 2 heterocycles. The lowest BCUT2D eigenvalue weighted by atomic mass is 10.2. The number of nitrogens with zero attached hydrogens (tertiary/aromatic N) is 2. The molecule has 2 aromatic heterocycles. The summed E-state index contributed by atoms with van der Waals surface area (Å²) < 4.78 is 0. The first-order valence-corrected chi connectivity index (χ1v) is 6.51. The van der Waals surface area contributed by atoms with E-state index < -0.39 is 0 Å². The van der Waals surface area contributed by atoms with Gasteiger partial charge in [-0.2, -0.15) is 0 Å². The number of para-hydroxylation sites is 1. The van der Waals surface area contributed by atoms with Crippen molar-refractivity contribution < 1.29 is 0 Å². The highest BCUT2D eigenvalue weighted by Gasteiger charge is 2.00. The molecule has 5 heteroatoms. The molecule has 0 aliphatic carbocycles. The van der Waals surface area contributed by atoms with Crippen LogP contribution in [0.15, 0.2) is 54.9 Å². The molecule has 20 heavy (non-hydrogen) atoms. The van der Waals surface area contributed by atoms with Gasteiger partial charge in [0.2, 0.25) is 0 Å². The molecule has 0 atom stereocenters. The quantitative estimate of drug-likeness (QED) is 0.722. The molecule has 0 spiro atoms. The summed E-state index contributed by atoms with van der Waals surface area (Å²) in [6, 6.07) is 13.7. The second-order valence-corrected chi connectivity index (χ2v) is 4.78. The normalized spacial score (nSPS) is 10.4. The lowest BCUT2D eigenvalue weighted by Gasteiger charge is -2.07. The molecule has 1 aromatic carbocycles. The van der Waals surface area contributed by atoms with E-state index >= 15 is 0 Å². The van der Waals surface area contributed by atoms with E-state index in [-0.39, 0.29) is 0 Å². The van der Waals surface area contributed by atoms with Crippen LogP contribution in [0.2, 0.25) is 0 Å². The number of hydrogen-bond acceptors (Lipinski definition) is 4. The number of pyridine rings is 2. The maximum absolute atomic E-state index is 5.52. The number of rotatable bonds is 3. The Labute approximate surface area is 121 Å². The first-order chi connectivity index (χ1) is 9.72. The van der Waals surface area contributed by atoms with Crippen LogP contribution in [0.5, 0.6) is 0 Å². The number of aromatic nitrogens is 2. The zero-order valence-electron chi connectivity index (χ0n) is 10.6. The number of hydrogen-bond donors (Lipinski definition) is 2. The monoisotopic (exact) mass is 280 g/mol. The van der Waals surface area contributed by atoms with E-state index in [4.69, 9.17) is 18.0 Å². The fourth-order valence-corrected chi connectivity index (χ4v) is 2.04. The third kappa shape index (κ3) is 2.57. The van der Waals surface area contributed by atoms with Crippen molar-refractivity contribution >= 4 is 39.5 Å². The number of fused-ring (bicyclic) bond motifs is 1. The van der Waals surface area contributed by atoms with Gasteiger partial charge in [0, 0.05) is 5.39 Å². The van der Waals surface area contributed by atoms with Gasteiger partial charge in [0.1, 0.15) is 4.99 Å². The number of anilines is 2. The van der Waals surface area contributed by atoms with Gasteiger partial charge in [-0.1, -0.05) is 30.4 Å². The molecule has 0 saturated carbocycles. The SMILES string of the molecule is NC(=S)c1ccc(Nc2cnc3ccccc3c2)cn1. The molecule has 0 radical (unpaired) electrons. The van der Waals surface area contributed by atoms with E-state index in [1.807, 2.05) is 36.4 Å². The second kappa shape index (κ2) is 5.22. The Morgan fingerprint density at radius 2 is 1.80 bits per heavy atom. The second-order valence-electron chi connectivity index (χ2n) is 4.34. The average molecular weight is 280 g/mol. The Morgan fingerprint density at radius 1 is 1.00 bits per heavy atom.